The number of rotatable bonds is 10. The number of nitrogens with two attached hydrogens (primary N) is 2. The Hall–Kier alpha value is -5.08. The molecular weight excluding hydrogens is 557 g/mol. The fourth-order valence-electron chi connectivity index (χ4n) is 3.72. The molecule has 15 heteroatoms. The highest BCUT2D eigenvalue weighted by molar-refractivity contribution is 5.97. The topological polar surface area (TPSA) is 179 Å². The van der Waals surface area contributed by atoms with Gasteiger partial charge in [0, 0.05) is 35.9 Å². The van der Waals surface area contributed by atoms with Crippen molar-refractivity contribution in [3.8, 4) is 11.3 Å². The molecule has 0 saturated carbocycles. The molecule has 12 nitrogen and oxygen atoms in total. The maximum Gasteiger partial charge on any atom is 0.433 e. The second-order valence-corrected chi connectivity index (χ2v) is 9.38. The number of hydrogen-bond acceptors (Lipinski definition) is 8. The number of alkyl halides is 3. The SMILES string of the molecule is CCNC(=O)O/N=C(\N)c1ccc(CNC(=O)Cn2c(-c3cc(N)cc(C(F)(F)F)c3)cnc(NC(C)C)c2=O)cc1. The molecule has 7 N–H and O–H groups in total. The average Bonchev–Trinajstić information content (AvgIpc) is 2.92. The second-order valence-electron chi connectivity index (χ2n) is 9.38. The van der Waals surface area contributed by atoms with Crippen LogP contribution in [0.3, 0.4) is 0 Å². The molecule has 224 valence electrons. The summed E-state index contributed by atoms with van der Waals surface area (Å²) >= 11 is 0. The first kappa shape index (κ1) is 31.4. The zero-order valence-corrected chi connectivity index (χ0v) is 23.1. The van der Waals surface area contributed by atoms with Crippen LogP contribution in [0.5, 0.6) is 0 Å². The van der Waals surface area contributed by atoms with Crippen LogP contribution in [-0.4, -0.2) is 40.0 Å². The number of anilines is 2. The van der Waals surface area contributed by atoms with Crippen LogP contribution < -0.4 is 33.0 Å². The Bertz CT molecular complexity index is 1520. The lowest BCUT2D eigenvalue weighted by atomic mass is 10.1. The Morgan fingerprint density at radius 3 is 2.43 bits per heavy atom. The van der Waals surface area contributed by atoms with Crippen molar-refractivity contribution in [3.05, 3.63) is 75.7 Å². The highest BCUT2D eigenvalue weighted by atomic mass is 19.4. The summed E-state index contributed by atoms with van der Waals surface area (Å²) in [6, 6.07) is 9.24. The minimum Gasteiger partial charge on any atom is -0.399 e. The van der Waals surface area contributed by atoms with Crippen molar-refractivity contribution in [1.29, 1.82) is 0 Å². The minimum absolute atomic E-state index is 0.0174. The molecule has 0 spiro atoms. The monoisotopic (exact) mass is 588 g/mol. The van der Waals surface area contributed by atoms with Crippen LogP contribution in [0, 0.1) is 0 Å². The van der Waals surface area contributed by atoms with E-state index in [0.29, 0.717) is 17.7 Å². The second kappa shape index (κ2) is 13.5. The predicted octanol–water partition coefficient (Wildman–Crippen LogP) is 3.01. The van der Waals surface area contributed by atoms with Gasteiger partial charge in [0.15, 0.2) is 11.7 Å². The van der Waals surface area contributed by atoms with E-state index in [1.165, 1.54) is 12.3 Å². The Kier molecular flexibility index (Phi) is 10.1. The fraction of sp³-hybridized carbons (Fsp3) is 0.296. The van der Waals surface area contributed by atoms with E-state index in [1.54, 1.807) is 45.0 Å². The number of halogens is 3. The average molecular weight is 589 g/mol. The van der Waals surface area contributed by atoms with Crippen molar-refractivity contribution in [3.63, 3.8) is 0 Å². The molecule has 3 rings (SSSR count). The molecule has 0 fully saturated rings. The van der Waals surface area contributed by atoms with E-state index >= 15 is 0 Å². The fourth-order valence-corrected chi connectivity index (χ4v) is 3.72. The summed E-state index contributed by atoms with van der Waals surface area (Å²) < 4.78 is 41.4. The summed E-state index contributed by atoms with van der Waals surface area (Å²) in [5.41, 5.74) is 10.8. The zero-order chi connectivity index (χ0) is 31.0. The van der Waals surface area contributed by atoms with Crippen molar-refractivity contribution in [2.75, 3.05) is 17.6 Å². The van der Waals surface area contributed by atoms with Crippen LogP contribution in [0.2, 0.25) is 0 Å². The van der Waals surface area contributed by atoms with E-state index in [-0.39, 0.29) is 41.2 Å². The third kappa shape index (κ3) is 8.46. The maximum absolute atomic E-state index is 13.4. The van der Waals surface area contributed by atoms with E-state index in [9.17, 15) is 27.6 Å². The Labute approximate surface area is 238 Å². The lowest BCUT2D eigenvalue weighted by Gasteiger charge is -2.17. The number of amidine groups is 1. The van der Waals surface area contributed by atoms with E-state index in [0.717, 1.165) is 16.7 Å². The molecular formula is C27H31F3N8O4. The number of oxime groups is 1. The van der Waals surface area contributed by atoms with Gasteiger partial charge in [-0.05, 0) is 44.5 Å². The summed E-state index contributed by atoms with van der Waals surface area (Å²) in [5, 5.41) is 11.5. The van der Waals surface area contributed by atoms with Crippen LogP contribution in [0.4, 0.5) is 29.5 Å². The number of carbonyl (C=O) groups is 2. The standard InChI is InChI=1S/C27H31F3N8O4/c1-4-33-26(41)42-37-23(32)17-7-5-16(6-8-17)12-34-22(39)14-38-21(13-35-24(25(38)40)36-15(2)3)18-9-19(27(28,29)30)11-20(31)10-18/h5-11,13,15H,4,12,14,31H2,1-3H3,(H2,32,37)(H,33,41)(H,34,39)(H,35,36). The number of amides is 2. The normalized spacial score (nSPS) is 11.7. The first-order valence-corrected chi connectivity index (χ1v) is 12.8. The van der Waals surface area contributed by atoms with Crippen molar-refractivity contribution in [2.45, 2.75) is 46.1 Å². The van der Waals surface area contributed by atoms with Crippen LogP contribution in [-0.2, 0) is 28.9 Å². The highest BCUT2D eigenvalue weighted by Gasteiger charge is 2.31. The quantitative estimate of drug-likeness (QED) is 0.0788. The Morgan fingerprint density at radius 2 is 1.81 bits per heavy atom. The molecule has 0 saturated heterocycles. The van der Waals surface area contributed by atoms with E-state index in [2.05, 4.69) is 30.9 Å². The molecule has 2 amide bonds. The first-order chi connectivity index (χ1) is 19.8. The number of nitrogen functional groups attached to an aromatic ring is 1. The number of nitrogens with one attached hydrogen (secondary N) is 3. The molecule has 0 radical (unpaired) electrons. The Morgan fingerprint density at radius 1 is 1.12 bits per heavy atom. The molecule has 0 unspecified atom stereocenters. The number of aromatic nitrogens is 2. The van der Waals surface area contributed by atoms with Crippen LogP contribution in [0.25, 0.3) is 11.3 Å². The third-order valence-corrected chi connectivity index (χ3v) is 5.65. The van der Waals surface area contributed by atoms with Gasteiger partial charge in [-0.1, -0.05) is 29.4 Å². The minimum atomic E-state index is -4.68. The van der Waals surface area contributed by atoms with E-state index < -0.39 is 35.8 Å². The van der Waals surface area contributed by atoms with Crippen LogP contribution in [0.1, 0.15) is 37.5 Å². The number of benzene rings is 2. The number of nitrogens with zero attached hydrogens (tertiary/aromatic N) is 3. The number of carbonyl (C=O) groups excluding carboxylic acids is 2. The lowest BCUT2D eigenvalue weighted by Crippen LogP contribution is -2.35. The van der Waals surface area contributed by atoms with E-state index in [1.807, 2.05) is 0 Å². The summed E-state index contributed by atoms with van der Waals surface area (Å²) in [7, 11) is 0. The van der Waals surface area contributed by atoms with Gasteiger partial charge < -0.3 is 27.4 Å². The Balaban J connectivity index is 1.81. The lowest BCUT2D eigenvalue weighted by molar-refractivity contribution is -0.137. The van der Waals surface area contributed by atoms with Crippen molar-refractivity contribution < 1.29 is 27.6 Å². The van der Waals surface area contributed by atoms with Gasteiger partial charge in [0.1, 0.15) is 6.54 Å². The largest absolute Gasteiger partial charge is 0.433 e. The molecule has 3 aromatic rings. The summed E-state index contributed by atoms with van der Waals surface area (Å²) in [4.78, 5) is 46.2. The highest BCUT2D eigenvalue weighted by Crippen LogP contribution is 2.34. The molecule has 1 aromatic heterocycles. The van der Waals surface area contributed by atoms with E-state index in [4.69, 9.17) is 11.5 Å². The van der Waals surface area contributed by atoms with Gasteiger partial charge in [-0.25, -0.2) is 9.78 Å². The van der Waals surface area contributed by atoms with Gasteiger partial charge in [0.2, 0.25) is 5.91 Å². The summed E-state index contributed by atoms with van der Waals surface area (Å²) in [6.07, 6.45) is -4.21. The molecule has 0 aliphatic heterocycles. The van der Waals surface area contributed by atoms with Crippen molar-refractivity contribution in [2.24, 2.45) is 10.9 Å². The van der Waals surface area contributed by atoms with Crippen LogP contribution in [0.15, 0.2) is 58.6 Å². The van der Waals surface area contributed by atoms with Crippen LogP contribution >= 0.6 is 0 Å². The zero-order valence-electron chi connectivity index (χ0n) is 23.1. The van der Waals surface area contributed by atoms with Gasteiger partial charge in [-0.2, -0.15) is 13.2 Å². The summed E-state index contributed by atoms with van der Waals surface area (Å²) in [6.45, 7) is 5.19. The molecule has 2 aromatic carbocycles. The third-order valence-electron chi connectivity index (χ3n) is 5.65. The molecule has 0 aliphatic rings. The van der Waals surface area contributed by atoms with Gasteiger partial charge in [0.25, 0.3) is 5.56 Å². The number of hydrogen-bond donors (Lipinski definition) is 5. The van der Waals surface area contributed by atoms with Crippen molar-refractivity contribution in [1.82, 2.24) is 20.2 Å². The molecule has 0 aliphatic carbocycles. The maximum atomic E-state index is 13.4. The van der Waals surface area contributed by atoms with Crippen molar-refractivity contribution >= 4 is 29.3 Å². The van der Waals surface area contributed by atoms with Gasteiger partial charge in [0.05, 0.1) is 17.5 Å². The van der Waals surface area contributed by atoms with Gasteiger partial charge >= 0.3 is 12.3 Å². The molecule has 0 bridgehead atoms. The smallest absolute Gasteiger partial charge is 0.399 e. The van der Waals surface area contributed by atoms with Gasteiger partial charge in [-0.3, -0.25) is 19.0 Å². The molecule has 1 heterocycles. The first-order valence-electron chi connectivity index (χ1n) is 12.8. The van der Waals surface area contributed by atoms with Gasteiger partial charge in [-0.15, -0.1) is 0 Å². The molecule has 0 atom stereocenters. The predicted molar refractivity (Wildman–Crippen MR) is 151 cm³/mol. The molecule has 42 heavy (non-hydrogen) atoms. The summed E-state index contributed by atoms with van der Waals surface area (Å²) in [5.74, 6) is -0.685.